The van der Waals surface area contributed by atoms with Crippen molar-refractivity contribution in [2.75, 3.05) is 20.7 Å². The summed E-state index contributed by atoms with van der Waals surface area (Å²) in [4.78, 5) is 26.9. The molecule has 1 saturated heterocycles. The summed E-state index contributed by atoms with van der Waals surface area (Å²) in [6, 6.07) is 8.54. The fourth-order valence-electron chi connectivity index (χ4n) is 3.21. The minimum absolute atomic E-state index is 0.0530. The number of hydrogen-bond donors (Lipinski definition) is 2. The smallest absolute Gasteiger partial charge is 0.255 e. The Hall–Kier alpha value is -2.80. The van der Waals surface area contributed by atoms with Crippen molar-refractivity contribution in [3.8, 4) is 5.75 Å². The second-order valence-corrected chi connectivity index (χ2v) is 6.41. The van der Waals surface area contributed by atoms with Gasteiger partial charge in [0.2, 0.25) is 5.91 Å². The van der Waals surface area contributed by atoms with Crippen LogP contribution in [0.1, 0.15) is 22.3 Å². The van der Waals surface area contributed by atoms with Gasteiger partial charge < -0.3 is 19.8 Å². The molecule has 2 atom stereocenters. The Kier molecular flexibility index (Phi) is 5.58. The number of nitrogens with zero attached hydrogens (tertiary/aromatic N) is 1. The molecule has 2 amide bonds. The topological polar surface area (TPSA) is 83.8 Å². The number of ether oxygens (including phenoxy) is 1. The van der Waals surface area contributed by atoms with Gasteiger partial charge >= 0.3 is 0 Å². The van der Waals surface area contributed by atoms with Crippen LogP contribution in [0.25, 0.3) is 0 Å². The van der Waals surface area contributed by atoms with Crippen LogP contribution >= 0.6 is 0 Å². The summed E-state index contributed by atoms with van der Waals surface area (Å²) in [6.45, 7) is 1.04. The molecule has 26 heavy (non-hydrogen) atoms. The molecule has 7 heteroatoms. The second-order valence-electron chi connectivity index (χ2n) is 6.41. The minimum Gasteiger partial charge on any atom is -0.496 e. The first-order chi connectivity index (χ1) is 12.6. The van der Waals surface area contributed by atoms with Crippen LogP contribution in [-0.2, 0) is 11.3 Å². The molecule has 2 heterocycles. The molecular formula is C19H23N3O4. The molecular weight excluding hydrogens is 334 g/mol. The fraction of sp³-hybridized carbons (Fsp3) is 0.368. The van der Waals surface area contributed by atoms with Crippen molar-refractivity contribution < 1.29 is 18.7 Å². The number of amides is 2. The van der Waals surface area contributed by atoms with Gasteiger partial charge in [0.15, 0.2) is 0 Å². The third-order valence-corrected chi connectivity index (χ3v) is 4.58. The van der Waals surface area contributed by atoms with Crippen LogP contribution in [0, 0.1) is 0 Å². The van der Waals surface area contributed by atoms with E-state index in [9.17, 15) is 9.59 Å². The van der Waals surface area contributed by atoms with Gasteiger partial charge in [-0.3, -0.25) is 14.5 Å². The summed E-state index contributed by atoms with van der Waals surface area (Å²) >= 11 is 0. The molecule has 1 aliphatic heterocycles. The summed E-state index contributed by atoms with van der Waals surface area (Å²) in [5.74, 6) is 0.286. The van der Waals surface area contributed by atoms with E-state index in [1.165, 1.54) is 7.11 Å². The van der Waals surface area contributed by atoms with E-state index in [1.54, 1.807) is 30.7 Å². The van der Waals surface area contributed by atoms with Crippen molar-refractivity contribution in [2.45, 2.75) is 25.0 Å². The summed E-state index contributed by atoms with van der Waals surface area (Å²) < 4.78 is 10.2. The first kappa shape index (κ1) is 18.0. The molecule has 0 saturated carbocycles. The van der Waals surface area contributed by atoms with Gasteiger partial charge in [-0.2, -0.15) is 0 Å². The number of furan rings is 1. The lowest BCUT2D eigenvalue weighted by atomic mass is 10.1. The first-order valence-electron chi connectivity index (χ1n) is 8.51. The number of rotatable bonds is 6. The van der Waals surface area contributed by atoms with E-state index in [2.05, 4.69) is 10.6 Å². The van der Waals surface area contributed by atoms with Gasteiger partial charge in [-0.25, -0.2) is 0 Å². The number of likely N-dealkylation sites (tertiary alicyclic amines) is 1. The fourth-order valence-corrected chi connectivity index (χ4v) is 3.21. The maximum absolute atomic E-state index is 12.5. The van der Waals surface area contributed by atoms with Gasteiger partial charge in [-0.15, -0.1) is 0 Å². The van der Waals surface area contributed by atoms with Crippen LogP contribution in [0.15, 0.2) is 47.3 Å². The average Bonchev–Trinajstić information content (AvgIpc) is 3.29. The Morgan fingerprint density at radius 3 is 2.85 bits per heavy atom. The molecule has 2 aromatic rings. The van der Waals surface area contributed by atoms with Crippen LogP contribution < -0.4 is 15.4 Å². The van der Waals surface area contributed by atoms with Crippen molar-refractivity contribution >= 4 is 11.8 Å². The van der Waals surface area contributed by atoms with E-state index < -0.39 is 0 Å². The number of methoxy groups -OCH3 is 1. The molecule has 1 fully saturated rings. The van der Waals surface area contributed by atoms with Crippen molar-refractivity contribution in [3.63, 3.8) is 0 Å². The number of carbonyl (C=O) groups excluding carboxylic acids is 2. The molecule has 0 radical (unpaired) electrons. The molecule has 0 spiro atoms. The summed E-state index contributed by atoms with van der Waals surface area (Å²) in [5, 5.41) is 5.91. The first-order valence-corrected chi connectivity index (χ1v) is 8.51. The Labute approximate surface area is 152 Å². The predicted molar refractivity (Wildman–Crippen MR) is 95.8 cm³/mol. The van der Waals surface area contributed by atoms with Gasteiger partial charge in [-0.05, 0) is 31.7 Å². The Morgan fingerprint density at radius 2 is 2.12 bits per heavy atom. The van der Waals surface area contributed by atoms with E-state index >= 15 is 0 Å². The average molecular weight is 357 g/mol. The van der Waals surface area contributed by atoms with E-state index in [0.29, 0.717) is 30.8 Å². The zero-order valence-electron chi connectivity index (χ0n) is 14.9. The van der Waals surface area contributed by atoms with E-state index in [1.807, 2.05) is 24.1 Å². The molecule has 1 aromatic carbocycles. The Morgan fingerprint density at radius 1 is 1.31 bits per heavy atom. The van der Waals surface area contributed by atoms with Crippen molar-refractivity contribution in [3.05, 3.63) is 54.0 Å². The van der Waals surface area contributed by atoms with E-state index in [4.69, 9.17) is 9.15 Å². The Balaban J connectivity index is 1.56. The maximum atomic E-state index is 12.5. The van der Waals surface area contributed by atoms with E-state index in [0.717, 1.165) is 5.56 Å². The largest absolute Gasteiger partial charge is 0.496 e. The van der Waals surface area contributed by atoms with Gasteiger partial charge in [0.1, 0.15) is 5.75 Å². The van der Waals surface area contributed by atoms with Crippen molar-refractivity contribution in [1.82, 2.24) is 15.5 Å². The van der Waals surface area contributed by atoms with Crippen LogP contribution in [0.3, 0.4) is 0 Å². The van der Waals surface area contributed by atoms with Crippen molar-refractivity contribution in [2.24, 2.45) is 0 Å². The third-order valence-electron chi connectivity index (χ3n) is 4.58. The highest BCUT2D eigenvalue weighted by Gasteiger charge is 2.35. The van der Waals surface area contributed by atoms with E-state index in [-0.39, 0.29) is 23.9 Å². The second kappa shape index (κ2) is 8.05. The molecule has 0 aliphatic carbocycles. The molecule has 2 N–H and O–H groups in total. The quantitative estimate of drug-likeness (QED) is 0.817. The molecule has 138 valence electrons. The van der Waals surface area contributed by atoms with Crippen LogP contribution in [0.4, 0.5) is 0 Å². The standard InChI is InChI=1S/C19H23N3O4/c1-22-11-14(21-18(23)15-5-3-4-6-17(15)25-2)9-16(22)19(24)20-10-13-7-8-26-12-13/h3-8,12,14,16H,9-11H2,1-2H3,(H,20,24)(H,21,23)/t14-,16-/m0/s1. The molecule has 3 rings (SSSR count). The molecule has 1 aromatic heterocycles. The lowest BCUT2D eigenvalue weighted by Gasteiger charge is -2.17. The molecule has 7 nitrogen and oxygen atoms in total. The van der Waals surface area contributed by atoms with Crippen LogP contribution in [0.5, 0.6) is 5.75 Å². The summed E-state index contributed by atoms with van der Waals surface area (Å²) in [6.07, 6.45) is 3.75. The highest BCUT2D eigenvalue weighted by molar-refractivity contribution is 5.97. The predicted octanol–water partition coefficient (Wildman–Crippen LogP) is 1.41. The van der Waals surface area contributed by atoms with Crippen molar-refractivity contribution in [1.29, 1.82) is 0 Å². The lowest BCUT2D eigenvalue weighted by Crippen LogP contribution is -2.40. The third kappa shape index (κ3) is 4.05. The normalized spacial score (nSPS) is 19.9. The zero-order valence-corrected chi connectivity index (χ0v) is 14.9. The van der Waals surface area contributed by atoms with Crippen LogP contribution in [-0.4, -0.2) is 49.5 Å². The number of carbonyl (C=O) groups is 2. The lowest BCUT2D eigenvalue weighted by molar-refractivity contribution is -0.125. The summed E-state index contributed by atoms with van der Waals surface area (Å²) in [5.41, 5.74) is 1.41. The van der Waals surface area contributed by atoms with Crippen LogP contribution in [0.2, 0.25) is 0 Å². The maximum Gasteiger partial charge on any atom is 0.255 e. The number of nitrogens with one attached hydrogen (secondary N) is 2. The molecule has 0 unspecified atom stereocenters. The van der Waals surface area contributed by atoms with Gasteiger partial charge in [0.05, 0.1) is 31.2 Å². The highest BCUT2D eigenvalue weighted by atomic mass is 16.5. The SMILES string of the molecule is COc1ccccc1C(=O)N[C@H]1C[C@@H](C(=O)NCc2ccoc2)N(C)C1. The highest BCUT2D eigenvalue weighted by Crippen LogP contribution is 2.20. The monoisotopic (exact) mass is 357 g/mol. The summed E-state index contributed by atoms with van der Waals surface area (Å²) in [7, 11) is 3.42. The van der Waals surface area contributed by atoms with Gasteiger partial charge in [0, 0.05) is 24.7 Å². The Bertz CT molecular complexity index is 760. The minimum atomic E-state index is -0.273. The number of para-hydroxylation sites is 1. The molecule has 1 aliphatic rings. The number of likely N-dealkylation sites (N-methyl/N-ethyl adjacent to an activating group) is 1. The molecule has 0 bridgehead atoms. The van der Waals surface area contributed by atoms with Gasteiger partial charge in [-0.1, -0.05) is 12.1 Å². The zero-order chi connectivity index (χ0) is 18.5. The number of benzene rings is 1. The van der Waals surface area contributed by atoms with Gasteiger partial charge in [0.25, 0.3) is 5.91 Å². The number of hydrogen-bond acceptors (Lipinski definition) is 5.